The molecule has 1 aliphatic rings. The maximum Gasteiger partial charge on any atom is 0.276 e. The fourth-order valence-corrected chi connectivity index (χ4v) is 0.917. The third kappa shape index (κ3) is 7.07. The van der Waals surface area contributed by atoms with Crippen LogP contribution in [0.1, 0.15) is 13.3 Å². The van der Waals surface area contributed by atoms with E-state index in [0.717, 1.165) is 6.61 Å². The standard InChI is InChI=1S/C6H14O6.C3H6O/c7-2-5(3-8,4-9)1-6(10,11)12;1-3-2-4-3/h7-12H,1-4H2;3H,2H2,1H3. The zero-order valence-electron chi connectivity index (χ0n) is 9.20. The molecule has 1 fully saturated rings. The molecule has 0 aliphatic carbocycles. The van der Waals surface area contributed by atoms with Crippen LogP contribution < -0.4 is 0 Å². The molecule has 1 unspecified atom stereocenters. The lowest BCUT2D eigenvalue weighted by Crippen LogP contribution is -2.43. The Morgan fingerprint density at radius 2 is 1.38 bits per heavy atom. The van der Waals surface area contributed by atoms with Crippen molar-refractivity contribution in [2.24, 2.45) is 5.41 Å². The number of ether oxygens (including phenoxy) is 1. The predicted octanol–water partition coefficient (Wildman–Crippen LogP) is -2.62. The monoisotopic (exact) mass is 240 g/mol. The molecule has 7 nitrogen and oxygen atoms in total. The Labute approximate surface area is 93.5 Å². The van der Waals surface area contributed by atoms with Gasteiger partial charge in [-0.2, -0.15) is 0 Å². The molecule has 1 saturated heterocycles. The van der Waals surface area contributed by atoms with Crippen molar-refractivity contribution in [1.29, 1.82) is 0 Å². The Bertz CT molecular complexity index is 173. The van der Waals surface area contributed by atoms with Gasteiger partial charge in [-0.3, -0.25) is 0 Å². The van der Waals surface area contributed by atoms with Gasteiger partial charge in [-0.1, -0.05) is 0 Å². The van der Waals surface area contributed by atoms with Gasteiger partial charge in [0.15, 0.2) is 0 Å². The lowest BCUT2D eigenvalue weighted by Gasteiger charge is -2.30. The minimum absolute atomic E-state index is 0.583. The third-order valence-corrected chi connectivity index (χ3v) is 2.12. The van der Waals surface area contributed by atoms with Crippen LogP contribution in [0.5, 0.6) is 0 Å². The summed E-state index contributed by atoms with van der Waals surface area (Å²) in [5.41, 5.74) is -1.47. The number of hydrogen-bond donors (Lipinski definition) is 6. The highest BCUT2D eigenvalue weighted by atomic mass is 16.7. The van der Waals surface area contributed by atoms with E-state index in [1.807, 2.05) is 0 Å². The summed E-state index contributed by atoms with van der Waals surface area (Å²) in [5, 5.41) is 51.6. The maximum atomic E-state index is 8.69. The van der Waals surface area contributed by atoms with Crippen molar-refractivity contribution in [3.8, 4) is 0 Å². The number of aliphatic hydroxyl groups is 6. The van der Waals surface area contributed by atoms with E-state index in [4.69, 9.17) is 35.4 Å². The second-order valence-corrected chi connectivity index (χ2v) is 4.07. The van der Waals surface area contributed by atoms with E-state index in [2.05, 4.69) is 6.92 Å². The van der Waals surface area contributed by atoms with Gasteiger partial charge in [0.2, 0.25) is 0 Å². The molecule has 0 bridgehead atoms. The van der Waals surface area contributed by atoms with Gasteiger partial charge in [-0.25, -0.2) is 0 Å². The van der Waals surface area contributed by atoms with Crippen molar-refractivity contribution in [3.05, 3.63) is 0 Å². The van der Waals surface area contributed by atoms with E-state index < -0.39 is 37.6 Å². The molecule has 0 aromatic rings. The maximum absolute atomic E-state index is 8.69. The molecule has 0 aromatic heterocycles. The summed E-state index contributed by atoms with van der Waals surface area (Å²) < 4.78 is 4.71. The molecule has 0 aromatic carbocycles. The van der Waals surface area contributed by atoms with Gasteiger partial charge < -0.3 is 35.4 Å². The molecule has 0 radical (unpaired) electrons. The van der Waals surface area contributed by atoms with Crippen LogP contribution in [0.2, 0.25) is 0 Å². The summed E-state index contributed by atoms with van der Waals surface area (Å²) >= 11 is 0. The first-order valence-electron chi connectivity index (χ1n) is 4.90. The Balaban J connectivity index is 0.000000462. The molecule has 0 saturated carbocycles. The van der Waals surface area contributed by atoms with Crippen LogP contribution in [-0.2, 0) is 4.74 Å². The van der Waals surface area contributed by atoms with Crippen LogP contribution in [0.3, 0.4) is 0 Å². The summed E-state index contributed by atoms with van der Waals surface area (Å²) in [6, 6.07) is 0. The van der Waals surface area contributed by atoms with Crippen molar-refractivity contribution in [2.45, 2.75) is 25.4 Å². The van der Waals surface area contributed by atoms with Crippen LogP contribution in [0.4, 0.5) is 0 Å². The quantitative estimate of drug-likeness (QED) is 0.229. The van der Waals surface area contributed by atoms with Gasteiger partial charge in [0.25, 0.3) is 5.97 Å². The van der Waals surface area contributed by atoms with Crippen molar-refractivity contribution in [2.75, 3.05) is 26.4 Å². The van der Waals surface area contributed by atoms with Gasteiger partial charge >= 0.3 is 0 Å². The molecule has 0 amide bonds. The first-order valence-corrected chi connectivity index (χ1v) is 4.90. The van der Waals surface area contributed by atoms with Gasteiger partial charge in [-0.15, -0.1) is 0 Å². The minimum atomic E-state index is -2.99. The highest BCUT2D eigenvalue weighted by Gasteiger charge is 2.37. The Morgan fingerprint density at radius 3 is 1.44 bits per heavy atom. The van der Waals surface area contributed by atoms with Crippen molar-refractivity contribution >= 4 is 0 Å². The van der Waals surface area contributed by atoms with Gasteiger partial charge in [-0.05, 0) is 6.92 Å². The molecule has 6 N–H and O–H groups in total. The second kappa shape index (κ2) is 6.45. The first kappa shape index (κ1) is 15.7. The summed E-state index contributed by atoms with van der Waals surface area (Å²) in [5.74, 6) is -2.99. The Hall–Kier alpha value is -0.280. The van der Waals surface area contributed by atoms with Crippen molar-refractivity contribution < 1.29 is 35.4 Å². The average Bonchev–Trinajstić information content (AvgIpc) is 2.97. The number of hydrogen-bond acceptors (Lipinski definition) is 7. The molecule has 1 rings (SSSR count). The van der Waals surface area contributed by atoms with Crippen LogP contribution in [0.15, 0.2) is 0 Å². The summed E-state index contributed by atoms with van der Waals surface area (Å²) in [7, 11) is 0. The molecule has 7 heteroatoms. The summed E-state index contributed by atoms with van der Waals surface area (Å²) in [6.45, 7) is 1.09. The first-order chi connectivity index (χ1) is 7.28. The number of rotatable bonds is 5. The van der Waals surface area contributed by atoms with E-state index >= 15 is 0 Å². The normalized spacial score (nSPS) is 20.1. The molecular weight excluding hydrogens is 220 g/mol. The smallest absolute Gasteiger partial charge is 0.276 e. The molecule has 1 aliphatic heterocycles. The second-order valence-electron chi connectivity index (χ2n) is 4.07. The minimum Gasteiger partial charge on any atom is -0.396 e. The van der Waals surface area contributed by atoms with Crippen molar-refractivity contribution in [1.82, 2.24) is 0 Å². The van der Waals surface area contributed by atoms with Gasteiger partial charge in [0, 0.05) is 11.8 Å². The van der Waals surface area contributed by atoms with Crippen LogP contribution >= 0.6 is 0 Å². The van der Waals surface area contributed by atoms with Gasteiger partial charge in [0.05, 0.1) is 32.5 Å². The molecule has 16 heavy (non-hydrogen) atoms. The topological polar surface area (TPSA) is 134 Å². The van der Waals surface area contributed by atoms with E-state index in [1.165, 1.54) is 0 Å². The van der Waals surface area contributed by atoms with Crippen molar-refractivity contribution in [3.63, 3.8) is 0 Å². The average molecular weight is 240 g/mol. The highest BCUT2D eigenvalue weighted by Crippen LogP contribution is 2.24. The predicted molar refractivity (Wildman–Crippen MR) is 53.1 cm³/mol. The molecule has 1 atom stereocenters. The van der Waals surface area contributed by atoms with Crippen LogP contribution in [0, 0.1) is 5.41 Å². The lowest BCUT2D eigenvalue weighted by molar-refractivity contribution is -0.331. The van der Waals surface area contributed by atoms with Crippen LogP contribution in [0.25, 0.3) is 0 Å². The zero-order chi connectivity index (χ0) is 12.8. The lowest BCUT2D eigenvalue weighted by atomic mass is 9.86. The fourth-order valence-electron chi connectivity index (χ4n) is 0.917. The highest BCUT2D eigenvalue weighted by molar-refractivity contribution is 4.79. The van der Waals surface area contributed by atoms with E-state index in [-0.39, 0.29) is 0 Å². The molecule has 0 spiro atoms. The number of epoxide rings is 1. The largest absolute Gasteiger partial charge is 0.396 e. The van der Waals surface area contributed by atoms with E-state index in [1.54, 1.807) is 0 Å². The summed E-state index contributed by atoms with van der Waals surface area (Å²) in [6.07, 6.45) is -0.135. The number of aliphatic hydroxyl groups excluding tert-OH is 3. The molecule has 98 valence electrons. The fraction of sp³-hybridized carbons (Fsp3) is 1.00. The van der Waals surface area contributed by atoms with E-state index in [0.29, 0.717) is 6.10 Å². The Morgan fingerprint density at radius 1 is 1.06 bits per heavy atom. The third-order valence-electron chi connectivity index (χ3n) is 2.12. The van der Waals surface area contributed by atoms with E-state index in [9.17, 15) is 0 Å². The Kier molecular flexibility index (Phi) is 6.34. The van der Waals surface area contributed by atoms with Crippen LogP contribution in [-0.4, -0.2) is 69.1 Å². The summed E-state index contributed by atoms with van der Waals surface area (Å²) in [4.78, 5) is 0. The zero-order valence-corrected chi connectivity index (χ0v) is 9.20. The molecular formula is C9H20O7. The SMILES string of the molecule is CC1CO1.OCC(CO)(CO)CC(O)(O)O. The van der Waals surface area contributed by atoms with Gasteiger partial charge in [0.1, 0.15) is 0 Å². The molecule has 1 heterocycles.